The fraction of sp³-hybridized carbons (Fsp3) is 0.357. The molecular formula is C28H32N2O3S. The highest BCUT2D eigenvalue weighted by Crippen LogP contribution is 2.37. The topological polar surface area (TPSA) is 49.9 Å². The number of ether oxygens (including phenoxy) is 1. The molecule has 4 rings (SSSR count). The van der Waals surface area contributed by atoms with Crippen LogP contribution >= 0.6 is 11.3 Å². The Bertz CT molecular complexity index is 1070. The molecule has 0 aliphatic carbocycles. The van der Waals surface area contributed by atoms with Crippen LogP contribution in [-0.4, -0.2) is 55.0 Å². The van der Waals surface area contributed by atoms with Crippen LogP contribution in [0, 0.1) is 0 Å². The predicted molar refractivity (Wildman–Crippen MR) is 136 cm³/mol. The van der Waals surface area contributed by atoms with Crippen LogP contribution < -0.4 is 0 Å². The summed E-state index contributed by atoms with van der Waals surface area (Å²) in [6, 6.07) is 22.2. The van der Waals surface area contributed by atoms with E-state index in [1.54, 1.807) is 23.3 Å². The van der Waals surface area contributed by atoms with Gasteiger partial charge in [0.25, 0.3) is 0 Å². The molecule has 0 N–H and O–H groups in total. The smallest absolute Gasteiger partial charge is 0.242 e. The third-order valence-corrected chi connectivity index (χ3v) is 7.32. The maximum atomic E-state index is 13.6. The molecule has 0 bridgehead atoms. The standard InChI is InChI=1S/C28H32N2O3S/c1-33-19-8-17-29(26(31)14-13-22-9-4-2-5-10-22)21-27(32)30-18-15-25-24(16-20-34-25)28(30)23-11-6-3-7-12-23/h2-7,9-12,16,20,28H,8,13-15,17-19,21H2,1H3. The van der Waals surface area contributed by atoms with Crippen molar-refractivity contribution < 1.29 is 14.3 Å². The largest absolute Gasteiger partial charge is 0.385 e. The van der Waals surface area contributed by atoms with Crippen LogP contribution in [0.5, 0.6) is 0 Å². The van der Waals surface area contributed by atoms with E-state index < -0.39 is 0 Å². The van der Waals surface area contributed by atoms with Gasteiger partial charge < -0.3 is 14.5 Å². The van der Waals surface area contributed by atoms with Crippen molar-refractivity contribution in [2.75, 3.05) is 33.4 Å². The quantitative estimate of drug-likeness (QED) is 0.398. The Morgan fingerprint density at radius 1 is 1.06 bits per heavy atom. The van der Waals surface area contributed by atoms with E-state index in [9.17, 15) is 9.59 Å². The molecule has 1 unspecified atom stereocenters. The second-order valence-corrected chi connectivity index (χ2v) is 9.60. The summed E-state index contributed by atoms with van der Waals surface area (Å²) in [5, 5.41) is 2.11. The minimum Gasteiger partial charge on any atom is -0.385 e. The lowest BCUT2D eigenvalue weighted by Gasteiger charge is -2.37. The summed E-state index contributed by atoms with van der Waals surface area (Å²) in [5.41, 5.74) is 3.44. The minimum atomic E-state index is -0.107. The summed E-state index contributed by atoms with van der Waals surface area (Å²) < 4.78 is 5.20. The van der Waals surface area contributed by atoms with Gasteiger partial charge in [-0.05, 0) is 47.4 Å². The number of thiophene rings is 1. The Hall–Kier alpha value is -2.96. The number of hydrogen-bond acceptors (Lipinski definition) is 4. The van der Waals surface area contributed by atoms with Gasteiger partial charge >= 0.3 is 0 Å². The molecule has 2 amide bonds. The first-order valence-electron chi connectivity index (χ1n) is 11.9. The van der Waals surface area contributed by atoms with Crippen LogP contribution in [0.1, 0.15) is 40.5 Å². The molecule has 0 radical (unpaired) electrons. The van der Waals surface area contributed by atoms with Gasteiger partial charge in [0.2, 0.25) is 11.8 Å². The van der Waals surface area contributed by atoms with Crippen molar-refractivity contribution >= 4 is 23.2 Å². The van der Waals surface area contributed by atoms with Crippen LogP contribution in [0.2, 0.25) is 0 Å². The molecule has 1 atom stereocenters. The lowest BCUT2D eigenvalue weighted by molar-refractivity contribution is -0.142. The van der Waals surface area contributed by atoms with Gasteiger partial charge in [0.05, 0.1) is 12.6 Å². The molecule has 1 aliphatic rings. The number of methoxy groups -OCH3 is 1. The van der Waals surface area contributed by atoms with Crippen molar-refractivity contribution in [3.63, 3.8) is 0 Å². The molecule has 1 aromatic heterocycles. The highest BCUT2D eigenvalue weighted by Gasteiger charge is 2.33. The van der Waals surface area contributed by atoms with E-state index in [0.717, 1.165) is 17.5 Å². The Morgan fingerprint density at radius 2 is 1.79 bits per heavy atom. The monoisotopic (exact) mass is 476 g/mol. The Morgan fingerprint density at radius 3 is 2.53 bits per heavy atom. The summed E-state index contributed by atoms with van der Waals surface area (Å²) in [4.78, 5) is 31.8. The molecule has 34 heavy (non-hydrogen) atoms. The summed E-state index contributed by atoms with van der Waals surface area (Å²) in [5.74, 6) is 0.00831. The number of nitrogens with zero attached hydrogens (tertiary/aromatic N) is 2. The normalized spacial score (nSPS) is 15.1. The van der Waals surface area contributed by atoms with E-state index in [4.69, 9.17) is 4.74 Å². The number of aryl methyl sites for hydroxylation is 1. The average Bonchev–Trinajstić information content (AvgIpc) is 3.36. The van der Waals surface area contributed by atoms with Crippen molar-refractivity contribution in [3.8, 4) is 0 Å². The van der Waals surface area contributed by atoms with Crippen molar-refractivity contribution in [2.45, 2.75) is 31.7 Å². The first kappa shape index (κ1) is 24.2. The van der Waals surface area contributed by atoms with Crippen molar-refractivity contribution in [3.05, 3.63) is 93.7 Å². The summed E-state index contributed by atoms with van der Waals surface area (Å²) in [7, 11) is 1.66. The molecule has 0 fully saturated rings. The molecule has 6 heteroatoms. The van der Waals surface area contributed by atoms with Gasteiger partial charge in [0.15, 0.2) is 0 Å². The molecule has 3 aromatic rings. The van der Waals surface area contributed by atoms with Gasteiger partial charge in [-0.1, -0.05) is 60.7 Å². The Kier molecular flexibility index (Phi) is 8.50. The zero-order valence-electron chi connectivity index (χ0n) is 19.7. The van der Waals surface area contributed by atoms with Crippen LogP contribution in [0.3, 0.4) is 0 Å². The van der Waals surface area contributed by atoms with Gasteiger partial charge in [-0.25, -0.2) is 0 Å². The SMILES string of the molecule is COCCCN(CC(=O)N1CCc2sccc2C1c1ccccc1)C(=O)CCc1ccccc1. The first-order valence-corrected chi connectivity index (χ1v) is 12.8. The summed E-state index contributed by atoms with van der Waals surface area (Å²) in [6.07, 6.45) is 2.62. The zero-order chi connectivity index (χ0) is 23.8. The van der Waals surface area contributed by atoms with Crippen molar-refractivity contribution in [1.29, 1.82) is 0 Å². The number of amides is 2. The van der Waals surface area contributed by atoms with Gasteiger partial charge in [-0.15, -0.1) is 11.3 Å². The van der Waals surface area contributed by atoms with Crippen LogP contribution in [0.15, 0.2) is 72.1 Å². The number of benzene rings is 2. The van der Waals surface area contributed by atoms with E-state index >= 15 is 0 Å². The van der Waals surface area contributed by atoms with E-state index in [0.29, 0.717) is 39.0 Å². The molecule has 0 saturated carbocycles. The fourth-order valence-corrected chi connectivity index (χ4v) is 5.48. The zero-order valence-corrected chi connectivity index (χ0v) is 20.5. The molecule has 2 aromatic carbocycles. The fourth-order valence-electron chi connectivity index (χ4n) is 4.58. The average molecular weight is 477 g/mol. The predicted octanol–water partition coefficient (Wildman–Crippen LogP) is 4.72. The summed E-state index contributed by atoms with van der Waals surface area (Å²) in [6.45, 7) is 1.84. The highest BCUT2D eigenvalue weighted by atomic mass is 32.1. The van der Waals surface area contributed by atoms with Crippen LogP contribution in [0.25, 0.3) is 0 Å². The van der Waals surface area contributed by atoms with Gasteiger partial charge in [0.1, 0.15) is 0 Å². The second-order valence-electron chi connectivity index (χ2n) is 8.60. The molecule has 5 nitrogen and oxygen atoms in total. The lowest BCUT2D eigenvalue weighted by atomic mass is 9.93. The molecule has 178 valence electrons. The molecule has 0 saturated heterocycles. The summed E-state index contributed by atoms with van der Waals surface area (Å²) >= 11 is 1.76. The number of carbonyl (C=O) groups is 2. The number of fused-ring (bicyclic) bond motifs is 1. The Balaban J connectivity index is 1.49. The van der Waals surface area contributed by atoms with Crippen LogP contribution in [0.4, 0.5) is 0 Å². The van der Waals surface area contributed by atoms with E-state index in [2.05, 4.69) is 23.6 Å². The van der Waals surface area contributed by atoms with Gasteiger partial charge in [0, 0.05) is 38.1 Å². The van der Waals surface area contributed by atoms with Crippen molar-refractivity contribution in [1.82, 2.24) is 9.80 Å². The first-order chi connectivity index (χ1) is 16.7. The van der Waals surface area contributed by atoms with E-state index in [1.807, 2.05) is 53.4 Å². The number of carbonyl (C=O) groups excluding carboxylic acids is 2. The van der Waals surface area contributed by atoms with E-state index in [1.165, 1.54) is 10.4 Å². The second kappa shape index (κ2) is 12.0. The lowest BCUT2D eigenvalue weighted by Crippen LogP contribution is -2.47. The minimum absolute atomic E-state index is 0.00354. The maximum absolute atomic E-state index is 13.6. The molecular weight excluding hydrogens is 444 g/mol. The maximum Gasteiger partial charge on any atom is 0.242 e. The molecule has 1 aliphatic heterocycles. The molecule has 2 heterocycles. The third kappa shape index (κ3) is 5.93. The number of hydrogen-bond donors (Lipinski definition) is 0. The highest BCUT2D eigenvalue weighted by molar-refractivity contribution is 7.10. The van der Waals surface area contributed by atoms with E-state index in [-0.39, 0.29) is 24.4 Å². The van der Waals surface area contributed by atoms with Gasteiger partial charge in [-0.3, -0.25) is 9.59 Å². The molecule has 0 spiro atoms. The number of rotatable bonds is 10. The van der Waals surface area contributed by atoms with Crippen molar-refractivity contribution in [2.24, 2.45) is 0 Å². The Labute approximate surface area is 206 Å². The van der Waals surface area contributed by atoms with Gasteiger partial charge in [-0.2, -0.15) is 0 Å². The third-order valence-electron chi connectivity index (χ3n) is 6.33. The van der Waals surface area contributed by atoms with Crippen LogP contribution in [-0.2, 0) is 27.2 Å².